The van der Waals surface area contributed by atoms with Crippen LogP contribution >= 0.6 is 15.9 Å². The second-order valence-corrected chi connectivity index (χ2v) is 23.3. The summed E-state index contributed by atoms with van der Waals surface area (Å²) in [7, 11) is -1.36. The van der Waals surface area contributed by atoms with Crippen molar-refractivity contribution in [2.24, 2.45) is 0 Å². The monoisotopic (exact) mass is 956 g/mol. The van der Waals surface area contributed by atoms with E-state index in [0.29, 0.717) is 26.4 Å². The third-order valence-corrected chi connectivity index (χ3v) is 13.6. The molecule has 5 aliphatic rings. The van der Waals surface area contributed by atoms with Gasteiger partial charge in [-0.2, -0.15) is 0 Å². The minimum Gasteiger partial charge on any atom is -0.444 e. The van der Waals surface area contributed by atoms with Crippen LogP contribution in [-0.4, -0.2) is 105 Å². The molecule has 0 atom stereocenters. The van der Waals surface area contributed by atoms with Gasteiger partial charge in [-0.1, -0.05) is 52.3 Å². The molecular formula is C46H72B3BrN2O12. The summed E-state index contributed by atoms with van der Waals surface area (Å²) >= 11 is 3.40. The first-order chi connectivity index (χ1) is 29.0. The van der Waals surface area contributed by atoms with Crippen LogP contribution in [0.2, 0.25) is 0 Å². The first kappa shape index (κ1) is 52.3. The van der Waals surface area contributed by atoms with Crippen molar-refractivity contribution in [3.63, 3.8) is 0 Å². The number of nitrogens with one attached hydrogen (secondary N) is 2. The van der Waals surface area contributed by atoms with Gasteiger partial charge >= 0.3 is 33.3 Å². The van der Waals surface area contributed by atoms with Crippen molar-refractivity contribution in [3.8, 4) is 0 Å². The van der Waals surface area contributed by atoms with E-state index in [2.05, 4.69) is 26.6 Å². The molecule has 5 fully saturated rings. The summed E-state index contributed by atoms with van der Waals surface area (Å²) in [5, 5.41) is 5.89. The third kappa shape index (κ3) is 11.9. The highest BCUT2D eigenvalue weighted by molar-refractivity contribution is 9.10. The van der Waals surface area contributed by atoms with Crippen molar-refractivity contribution in [2.45, 2.75) is 181 Å². The Kier molecular flexibility index (Phi) is 14.8. The standard InChI is InChI=1S/C20H30BNO5.C14H18BrNO3.C12H24B2O4/c1-17(2,3)25-16(23)22-20(12-24-13-20)14-8-10-15(11-9-14)21-26-18(4,5)19(6,7)27-21;1-13(2,3)19-12(17)16-14(8-18-9-14)10-4-6-11(15)7-5-10;1-9(2)10(3,4)16-13(15-9)14-17-11(5,6)12(7,8)18-14/h8-11H,12-13H2,1-7H3,(H,22,23);4-7H,8-9H2,1-3H3,(H,16,17);1-8H3. The van der Waals surface area contributed by atoms with E-state index in [1.165, 1.54) is 0 Å². The highest BCUT2D eigenvalue weighted by Gasteiger charge is 2.64. The average Bonchev–Trinajstić information content (AvgIpc) is 3.57. The van der Waals surface area contributed by atoms with Gasteiger partial charge in [-0.15, -0.1) is 0 Å². The maximum Gasteiger partial charge on any atom is 0.494 e. The molecule has 0 aromatic heterocycles. The maximum atomic E-state index is 12.2. The van der Waals surface area contributed by atoms with Crippen LogP contribution in [0.1, 0.15) is 136 Å². The topological polar surface area (TPSA) is 150 Å². The van der Waals surface area contributed by atoms with E-state index in [9.17, 15) is 9.59 Å². The lowest BCUT2D eigenvalue weighted by Crippen LogP contribution is -2.60. The Morgan fingerprint density at radius 2 is 0.781 bits per heavy atom. The van der Waals surface area contributed by atoms with Gasteiger partial charge in [0.1, 0.15) is 22.3 Å². The van der Waals surface area contributed by atoms with Crippen LogP contribution in [0.5, 0.6) is 0 Å². The predicted molar refractivity (Wildman–Crippen MR) is 252 cm³/mol. The summed E-state index contributed by atoms with van der Waals surface area (Å²) in [4.78, 5) is 24.1. The lowest BCUT2D eigenvalue weighted by Gasteiger charge is -2.42. The molecule has 64 heavy (non-hydrogen) atoms. The molecule has 0 aliphatic carbocycles. The molecular weight excluding hydrogens is 885 g/mol. The van der Waals surface area contributed by atoms with Gasteiger partial charge in [0.25, 0.3) is 0 Å². The number of carbonyl (C=O) groups excluding carboxylic acids is 2. The normalized spacial score (nSPS) is 23.8. The Morgan fingerprint density at radius 3 is 1.05 bits per heavy atom. The zero-order valence-corrected chi connectivity index (χ0v) is 43.0. The zero-order valence-electron chi connectivity index (χ0n) is 41.5. The quantitative estimate of drug-likeness (QED) is 0.269. The highest BCUT2D eigenvalue weighted by atomic mass is 79.9. The summed E-state index contributed by atoms with van der Waals surface area (Å²) < 4.78 is 58.4. The van der Waals surface area contributed by atoms with Gasteiger partial charge in [-0.05, 0) is 153 Å². The van der Waals surface area contributed by atoms with Gasteiger partial charge in [-0.3, -0.25) is 0 Å². The Morgan fingerprint density at radius 1 is 0.500 bits per heavy atom. The summed E-state index contributed by atoms with van der Waals surface area (Å²) in [6, 6.07) is 15.8. The van der Waals surface area contributed by atoms with Gasteiger partial charge in [-0.25, -0.2) is 9.59 Å². The van der Waals surface area contributed by atoms with Crippen LogP contribution in [0.25, 0.3) is 0 Å². The fourth-order valence-corrected chi connectivity index (χ4v) is 7.20. The van der Waals surface area contributed by atoms with Crippen LogP contribution < -0.4 is 16.1 Å². The predicted octanol–water partition coefficient (Wildman–Crippen LogP) is 8.18. The van der Waals surface area contributed by atoms with E-state index in [1.807, 2.05) is 173 Å². The van der Waals surface area contributed by atoms with Gasteiger partial charge in [0.2, 0.25) is 0 Å². The van der Waals surface area contributed by atoms with Crippen molar-refractivity contribution < 1.29 is 56.5 Å². The minimum atomic E-state index is -0.559. The number of alkyl carbamates (subject to hydrolysis) is 2. The number of halogens is 1. The molecule has 5 saturated heterocycles. The smallest absolute Gasteiger partial charge is 0.444 e. The summed E-state index contributed by atoms with van der Waals surface area (Å²) in [6.45, 7) is 37.2. The number of rotatable bonds is 6. The molecule has 0 spiro atoms. The number of hydrogen-bond acceptors (Lipinski definition) is 12. The van der Waals surface area contributed by atoms with Crippen LogP contribution in [-0.2, 0) is 58.0 Å². The second kappa shape index (κ2) is 18.1. The van der Waals surface area contributed by atoms with E-state index in [1.54, 1.807) is 0 Å². The van der Waals surface area contributed by atoms with Crippen LogP contribution in [0.4, 0.5) is 9.59 Å². The van der Waals surface area contributed by atoms with E-state index < -0.39 is 55.6 Å². The Balaban J connectivity index is 0.000000186. The van der Waals surface area contributed by atoms with Crippen molar-refractivity contribution in [2.75, 3.05) is 26.4 Å². The van der Waals surface area contributed by atoms with E-state index >= 15 is 0 Å². The molecule has 2 aromatic rings. The fraction of sp³-hybridized carbons (Fsp3) is 0.696. The summed E-state index contributed by atoms with van der Waals surface area (Å²) in [5.41, 5.74) is -1.33. The zero-order chi connectivity index (χ0) is 48.2. The fourth-order valence-electron chi connectivity index (χ4n) is 6.94. The molecule has 354 valence electrons. The first-order valence-electron chi connectivity index (χ1n) is 22.1. The average molecular weight is 957 g/mol. The molecule has 14 nitrogen and oxygen atoms in total. The molecule has 18 heteroatoms. The Hall–Kier alpha value is -2.67. The maximum absolute atomic E-state index is 12.2. The Labute approximate surface area is 391 Å². The highest BCUT2D eigenvalue weighted by Crippen LogP contribution is 2.43. The molecule has 2 aromatic carbocycles. The van der Waals surface area contributed by atoms with Crippen LogP contribution in [0.3, 0.4) is 0 Å². The van der Waals surface area contributed by atoms with Crippen LogP contribution in [0.15, 0.2) is 53.0 Å². The van der Waals surface area contributed by atoms with E-state index in [4.69, 9.17) is 46.9 Å². The lowest BCUT2D eigenvalue weighted by molar-refractivity contribution is -0.0798. The van der Waals surface area contributed by atoms with E-state index in [0.717, 1.165) is 21.1 Å². The number of amides is 2. The van der Waals surface area contributed by atoms with Crippen molar-refractivity contribution in [1.29, 1.82) is 0 Å². The Bertz CT molecular complexity index is 1870. The lowest BCUT2D eigenvalue weighted by atomic mass is 9.49. The second-order valence-electron chi connectivity index (χ2n) is 22.4. The van der Waals surface area contributed by atoms with Gasteiger partial charge in [0.15, 0.2) is 0 Å². The molecule has 7 rings (SSSR count). The molecule has 0 unspecified atom stereocenters. The number of carbonyl (C=O) groups is 2. The summed E-state index contributed by atoms with van der Waals surface area (Å²) in [5.74, 6) is 0. The van der Waals surface area contributed by atoms with Gasteiger partial charge < -0.3 is 57.5 Å². The molecule has 2 amide bonds. The summed E-state index contributed by atoms with van der Waals surface area (Å²) in [6.07, 6.45) is -0.862. The van der Waals surface area contributed by atoms with Crippen LogP contribution in [0, 0.1) is 0 Å². The molecule has 5 heterocycles. The largest absolute Gasteiger partial charge is 0.494 e. The number of ether oxygens (including phenoxy) is 4. The number of hydrogen-bond donors (Lipinski definition) is 2. The minimum absolute atomic E-state index is 0.360. The van der Waals surface area contributed by atoms with Gasteiger partial charge in [0.05, 0.1) is 60.0 Å². The molecule has 2 N–H and O–H groups in total. The SMILES string of the molecule is CC(C)(C)OC(=O)NC1(c2ccc(B3OC(C)(C)C(C)(C)O3)cc2)COC1.CC(C)(C)OC(=O)NC1(c2ccc(Br)cc2)COC1.CC1(C)OB(B2OC(C)(C)C(C)(C)O2)OC1(C)C. The number of benzene rings is 2. The van der Waals surface area contributed by atoms with Gasteiger partial charge in [0, 0.05) is 4.47 Å². The molecule has 0 bridgehead atoms. The van der Waals surface area contributed by atoms with Crippen molar-refractivity contribution in [1.82, 2.24) is 10.6 Å². The first-order valence-corrected chi connectivity index (χ1v) is 22.9. The molecule has 5 aliphatic heterocycles. The van der Waals surface area contributed by atoms with Crippen molar-refractivity contribution in [3.05, 3.63) is 64.1 Å². The third-order valence-electron chi connectivity index (χ3n) is 13.0. The van der Waals surface area contributed by atoms with E-state index in [-0.39, 0.29) is 33.6 Å². The van der Waals surface area contributed by atoms with Crippen molar-refractivity contribution >= 4 is 54.7 Å². The molecule has 0 saturated carbocycles. The molecule has 0 radical (unpaired) electrons.